The molecule has 0 saturated heterocycles. The molecule has 18 heavy (non-hydrogen) atoms. The highest BCUT2D eigenvalue weighted by atomic mass is 35.5. The molecule has 8 nitrogen and oxygen atoms in total. The second kappa shape index (κ2) is 5.32. The number of guanidine groups is 2. The van der Waals surface area contributed by atoms with Gasteiger partial charge >= 0.3 is 0 Å². The molecule has 0 atom stereocenters. The van der Waals surface area contributed by atoms with Gasteiger partial charge in [-0.15, -0.1) is 0 Å². The molecule has 0 heterocycles. The smallest absolute Gasteiger partial charge is 0.295 e. The van der Waals surface area contributed by atoms with E-state index in [1.54, 1.807) is 6.92 Å². The van der Waals surface area contributed by atoms with E-state index in [0.717, 1.165) is 0 Å². The molecule has 96 valence electrons. The average molecular weight is 271 g/mol. The Bertz CT molecular complexity index is 550. The summed E-state index contributed by atoms with van der Waals surface area (Å²) >= 11 is 5.86. The molecule has 1 aromatic rings. The summed E-state index contributed by atoms with van der Waals surface area (Å²) < 4.78 is 0. The second-order valence-corrected chi connectivity index (χ2v) is 3.76. The fraction of sp³-hybridized carbons (Fsp3) is 0.111. The third-order valence-electron chi connectivity index (χ3n) is 1.93. The van der Waals surface area contributed by atoms with Gasteiger partial charge in [0.25, 0.3) is 5.69 Å². The molecule has 0 aliphatic heterocycles. The van der Waals surface area contributed by atoms with Gasteiger partial charge in [0.1, 0.15) is 5.69 Å². The average Bonchev–Trinajstić information content (AvgIpc) is 2.21. The Balaban J connectivity index is 3.36. The van der Waals surface area contributed by atoms with Crippen molar-refractivity contribution in [2.24, 2.45) is 27.2 Å². The van der Waals surface area contributed by atoms with Gasteiger partial charge in [-0.2, -0.15) is 4.99 Å². The summed E-state index contributed by atoms with van der Waals surface area (Å²) in [6, 6.07) is 2.62. The number of hydrogen-bond donors (Lipinski definition) is 3. The lowest BCUT2D eigenvalue weighted by Crippen LogP contribution is -2.26. The standard InChI is InChI=1S/C9H11ClN6O2/c1-4-2-7(16(17)18)6(3-5(4)10)14-9(13)15-8(11)12/h2-3H,1H3,(H6,11,12,13,14,15). The highest BCUT2D eigenvalue weighted by molar-refractivity contribution is 6.31. The molecule has 0 amide bonds. The van der Waals surface area contributed by atoms with E-state index >= 15 is 0 Å². The van der Waals surface area contributed by atoms with Gasteiger partial charge in [0.05, 0.1) is 4.92 Å². The van der Waals surface area contributed by atoms with Gasteiger partial charge in [-0.05, 0) is 18.6 Å². The molecule has 0 fully saturated rings. The summed E-state index contributed by atoms with van der Waals surface area (Å²) in [5.41, 5.74) is 15.9. The molecule has 9 heteroatoms. The summed E-state index contributed by atoms with van der Waals surface area (Å²) in [6.07, 6.45) is 0. The van der Waals surface area contributed by atoms with Crippen LogP contribution in [0.4, 0.5) is 11.4 Å². The first-order valence-corrected chi connectivity index (χ1v) is 5.07. The van der Waals surface area contributed by atoms with Crippen molar-refractivity contribution in [1.82, 2.24) is 0 Å². The maximum absolute atomic E-state index is 10.9. The fourth-order valence-electron chi connectivity index (χ4n) is 1.17. The summed E-state index contributed by atoms with van der Waals surface area (Å²) in [4.78, 5) is 17.5. The lowest BCUT2D eigenvalue weighted by atomic mass is 10.2. The van der Waals surface area contributed by atoms with E-state index in [9.17, 15) is 10.1 Å². The number of hydrogen-bond acceptors (Lipinski definition) is 3. The summed E-state index contributed by atoms with van der Waals surface area (Å²) in [5, 5.41) is 11.2. The van der Waals surface area contributed by atoms with Gasteiger partial charge in [-0.1, -0.05) is 11.6 Å². The van der Waals surface area contributed by atoms with Crippen LogP contribution >= 0.6 is 11.6 Å². The predicted molar refractivity (Wildman–Crippen MR) is 69.9 cm³/mol. The van der Waals surface area contributed by atoms with Crippen LogP contribution < -0.4 is 17.2 Å². The topological polar surface area (TPSA) is 146 Å². The van der Waals surface area contributed by atoms with E-state index in [2.05, 4.69) is 9.98 Å². The van der Waals surface area contributed by atoms with Crippen molar-refractivity contribution >= 4 is 34.9 Å². The predicted octanol–water partition coefficient (Wildman–Crippen LogP) is 0.776. The quantitative estimate of drug-likeness (QED) is 0.314. The molecule has 0 aliphatic carbocycles. The SMILES string of the molecule is Cc1cc([N+](=O)[O-])c(N=C(N)N=C(N)N)cc1Cl. The number of nitrogens with two attached hydrogens (primary N) is 3. The summed E-state index contributed by atoms with van der Waals surface area (Å²) in [7, 11) is 0. The monoisotopic (exact) mass is 270 g/mol. The Hall–Kier alpha value is -2.35. The molecule has 0 bridgehead atoms. The van der Waals surface area contributed by atoms with Crippen molar-refractivity contribution < 1.29 is 4.92 Å². The Labute approximate surface area is 107 Å². The van der Waals surface area contributed by atoms with Crippen LogP contribution in [-0.4, -0.2) is 16.8 Å². The number of nitrogens with zero attached hydrogens (tertiary/aromatic N) is 3. The van der Waals surface area contributed by atoms with E-state index in [4.69, 9.17) is 28.8 Å². The zero-order valence-corrected chi connectivity index (χ0v) is 10.2. The van der Waals surface area contributed by atoms with E-state index in [-0.39, 0.29) is 23.3 Å². The largest absolute Gasteiger partial charge is 0.370 e. The number of aliphatic imine (C=N–C) groups is 2. The molecule has 0 unspecified atom stereocenters. The molecular formula is C9H11ClN6O2. The van der Waals surface area contributed by atoms with Gasteiger partial charge in [-0.25, -0.2) is 4.99 Å². The zero-order chi connectivity index (χ0) is 13.9. The molecule has 0 spiro atoms. The lowest BCUT2D eigenvalue weighted by Gasteiger charge is -2.02. The van der Waals surface area contributed by atoms with E-state index in [1.807, 2.05) is 0 Å². The third kappa shape index (κ3) is 3.32. The van der Waals surface area contributed by atoms with E-state index < -0.39 is 4.92 Å². The van der Waals surface area contributed by atoms with Crippen LogP contribution in [0.5, 0.6) is 0 Å². The second-order valence-electron chi connectivity index (χ2n) is 3.35. The molecular weight excluding hydrogens is 260 g/mol. The number of halogens is 1. The van der Waals surface area contributed by atoms with Crippen molar-refractivity contribution in [2.45, 2.75) is 6.92 Å². The Morgan fingerprint density at radius 1 is 1.39 bits per heavy atom. The van der Waals surface area contributed by atoms with Crippen LogP contribution in [0.3, 0.4) is 0 Å². The van der Waals surface area contributed by atoms with Gasteiger partial charge < -0.3 is 17.2 Å². The minimum atomic E-state index is -0.592. The van der Waals surface area contributed by atoms with Gasteiger partial charge in [0.2, 0.25) is 5.96 Å². The van der Waals surface area contributed by atoms with Crippen molar-refractivity contribution in [3.8, 4) is 0 Å². The molecule has 6 N–H and O–H groups in total. The van der Waals surface area contributed by atoms with Crippen LogP contribution in [0.2, 0.25) is 5.02 Å². The Morgan fingerprint density at radius 2 is 2.00 bits per heavy atom. The van der Waals surface area contributed by atoms with E-state index in [1.165, 1.54) is 12.1 Å². The fourth-order valence-corrected chi connectivity index (χ4v) is 1.33. The normalized spacial score (nSPS) is 11.1. The van der Waals surface area contributed by atoms with E-state index in [0.29, 0.717) is 10.6 Å². The first-order chi connectivity index (χ1) is 8.31. The van der Waals surface area contributed by atoms with Crippen molar-refractivity contribution in [1.29, 1.82) is 0 Å². The summed E-state index contributed by atoms with van der Waals surface area (Å²) in [6.45, 7) is 1.64. The Kier molecular flexibility index (Phi) is 4.05. The number of rotatable bonds is 2. The van der Waals surface area contributed by atoms with Crippen LogP contribution in [0.1, 0.15) is 5.56 Å². The number of aryl methyl sites for hydroxylation is 1. The molecule has 0 radical (unpaired) electrons. The zero-order valence-electron chi connectivity index (χ0n) is 9.42. The molecule has 0 saturated carbocycles. The van der Waals surface area contributed by atoms with Crippen LogP contribution in [0.15, 0.2) is 22.1 Å². The van der Waals surface area contributed by atoms with Gasteiger partial charge in [-0.3, -0.25) is 10.1 Å². The van der Waals surface area contributed by atoms with Gasteiger partial charge in [0.15, 0.2) is 5.96 Å². The maximum Gasteiger partial charge on any atom is 0.295 e. The van der Waals surface area contributed by atoms with Crippen molar-refractivity contribution in [3.63, 3.8) is 0 Å². The first-order valence-electron chi connectivity index (χ1n) is 4.69. The van der Waals surface area contributed by atoms with Crippen LogP contribution in [0.25, 0.3) is 0 Å². The molecule has 0 aliphatic rings. The maximum atomic E-state index is 10.9. The number of nitro benzene ring substituents is 1. The number of nitro groups is 1. The van der Waals surface area contributed by atoms with Crippen LogP contribution in [0, 0.1) is 17.0 Å². The third-order valence-corrected chi connectivity index (χ3v) is 2.34. The molecule has 0 aromatic heterocycles. The minimum Gasteiger partial charge on any atom is -0.370 e. The van der Waals surface area contributed by atoms with Crippen molar-refractivity contribution in [3.05, 3.63) is 32.8 Å². The number of benzene rings is 1. The minimum absolute atomic E-state index is 0.0156. The lowest BCUT2D eigenvalue weighted by molar-refractivity contribution is -0.384. The molecule has 1 aromatic carbocycles. The first kappa shape index (κ1) is 13.7. The molecule has 1 rings (SSSR count). The van der Waals surface area contributed by atoms with Crippen molar-refractivity contribution in [2.75, 3.05) is 0 Å². The summed E-state index contributed by atoms with van der Waals surface area (Å²) in [5.74, 6) is -0.588. The van der Waals surface area contributed by atoms with Crippen LogP contribution in [-0.2, 0) is 0 Å². The highest BCUT2D eigenvalue weighted by Crippen LogP contribution is 2.32. The van der Waals surface area contributed by atoms with Gasteiger partial charge in [0, 0.05) is 11.1 Å². The Morgan fingerprint density at radius 3 is 2.50 bits per heavy atom. The highest BCUT2D eigenvalue weighted by Gasteiger charge is 2.16.